The molecule has 1 heterocycles. The van der Waals surface area contributed by atoms with Gasteiger partial charge in [-0.2, -0.15) is 0 Å². The predicted octanol–water partition coefficient (Wildman–Crippen LogP) is 2.24. The lowest BCUT2D eigenvalue weighted by Crippen LogP contribution is -2.60. The van der Waals surface area contributed by atoms with Crippen LogP contribution in [0, 0.1) is 5.41 Å². The van der Waals surface area contributed by atoms with Gasteiger partial charge in [0.1, 0.15) is 0 Å². The highest BCUT2D eigenvalue weighted by atomic mass is 32.2. The van der Waals surface area contributed by atoms with E-state index in [4.69, 9.17) is 0 Å². The summed E-state index contributed by atoms with van der Waals surface area (Å²) >= 11 is 0. The minimum Gasteiger partial charge on any atom is -0.311 e. The normalized spacial score (nSPS) is 29.2. The molecular weight excluding hydrogens is 256 g/mol. The first-order chi connectivity index (χ1) is 8.75. The Bertz CT molecular complexity index is 301. The molecule has 4 heteroatoms. The SMILES string of the molecule is CCC1CNC(C(C)(C)C)CN1CCC(C)S(C)=O. The summed E-state index contributed by atoms with van der Waals surface area (Å²) in [7, 11) is -0.696. The molecule has 1 aliphatic heterocycles. The summed E-state index contributed by atoms with van der Waals surface area (Å²) in [6.45, 7) is 14.6. The van der Waals surface area contributed by atoms with Crippen LogP contribution in [0.1, 0.15) is 47.5 Å². The molecule has 3 nitrogen and oxygen atoms in total. The molecule has 1 saturated heterocycles. The first kappa shape index (κ1) is 17.1. The highest BCUT2D eigenvalue weighted by molar-refractivity contribution is 7.84. The number of nitrogens with one attached hydrogen (secondary N) is 1. The van der Waals surface area contributed by atoms with Crippen LogP contribution in [-0.2, 0) is 10.8 Å². The van der Waals surface area contributed by atoms with Crippen molar-refractivity contribution in [3.63, 3.8) is 0 Å². The van der Waals surface area contributed by atoms with Crippen LogP contribution in [0.2, 0.25) is 0 Å². The third-order valence-electron chi connectivity index (χ3n) is 4.44. The fourth-order valence-corrected chi connectivity index (χ4v) is 3.06. The van der Waals surface area contributed by atoms with E-state index in [-0.39, 0.29) is 0 Å². The van der Waals surface area contributed by atoms with Crippen molar-refractivity contribution in [3.05, 3.63) is 0 Å². The molecule has 0 aromatic rings. The molecule has 0 bridgehead atoms. The van der Waals surface area contributed by atoms with Crippen LogP contribution >= 0.6 is 0 Å². The van der Waals surface area contributed by atoms with Gasteiger partial charge < -0.3 is 5.32 Å². The molecule has 114 valence electrons. The smallest absolute Gasteiger partial charge is 0.0329 e. The monoisotopic (exact) mass is 288 g/mol. The summed E-state index contributed by atoms with van der Waals surface area (Å²) in [5.74, 6) is 0. The van der Waals surface area contributed by atoms with Gasteiger partial charge >= 0.3 is 0 Å². The summed E-state index contributed by atoms with van der Waals surface area (Å²) in [4.78, 5) is 2.61. The molecule has 0 spiro atoms. The summed E-state index contributed by atoms with van der Waals surface area (Å²) in [5, 5.41) is 4.00. The number of nitrogens with zero attached hydrogens (tertiary/aromatic N) is 1. The third-order valence-corrected chi connectivity index (χ3v) is 5.81. The van der Waals surface area contributed by atoms with Crippen molar-refractivity contribution in [1.29, 1.82) is 0 Å². The molecule has 19 heavy (non-hydrogen) atoms. The number of hydrogen-bond acceptors (Lipinski definition) is 3. The van der Waals surface area contributed by atoms with Crippen molar-refractivity contribution in [2.75, 3.05) is 25.9 Å². The molecule has 0 aromatic heterocycles. The summed E-state index contributed by atoms with van der Waals surface area (Å²) < 4.78 is 11.5. The van der Waals surface area contributed by atoms with Crippen LogP contribution in [0.4, 0.5) is 0 Å². The van der Waals surface area contributed by atoms with Gasteiger partial charge in [-0.3, -0.25) is 9.11 Å². The van der Waals surface area contributed by atoms with Gasteiger partial charge in [-0.1, -0.05) is 34.6 Å². The van der Waals surface area contributed by atoms with Crippen molar-refractivity contribution in [3.8, 4) is 0 Å². The van der Waals surface area contributed by atoms with Gasteiger partial charge in [0.05, 0.1) is 0 Å². The maximum absolute atomic E-state index is 11.5. The first-order valence-electron chi connectivity index (χ1n) is 7.55. The maximum atomic E-state index is 11.5. The summed E-state index contributed by atoms with van der Waals surface area (Å²) in [6, 6.07) is 1.19. The zero-order valence-electron chi connectivity index (χ0n) is 13.5. The zero-order chi connectivity index (χ0) is 14.6. The Balaban J connectivity index is 2.58. The predicted molar refractivity (Wildman–Crippen MR) is 85.0 cm³/mol. The lowest BCUT2D eigenvalue weighted by molar-refractivity contribution is 0.0827. The minimum absolute atomic E-state index is 0.302. The largest absolute Gasteiger partial charge is 0.311 e. The molecule has 1 aliphatic rings. The number of hydrogen-bond donors (Lipinski definition) is 1. The van der Waals surface area contributed by atoms with E-state index in [1.54, 1.807) is 0 Å². The molecule has 1 fully saturated rings. The fraction of sp³-hybridized carbons (Fsp3) is 1.00. The Hall–Kier alpha value is 0.0700. The van der Waals surface area contributed by atoms with Crippen molar-refractivity contribution in [2.45, 2.75) is 64.8 Å². The topological polar surface area (TPSA) is 32.3 Å². The third kappa shape index (κ3) is 5.16. The fourth-order valence-electron chi connectivity index (χ4n) is 2.63. The summed E-state index contributed by atoms with van der Waals surface area (Å²) in [5.41, 5.74) is 0.302. The molecule has 0 radical (unpaired) electrons. The second-order valence-corrected chi connectivity index (χ2v) is 8.78. The van der Waals surface area contributed by atoms with E-state index in [0.717, 1.165) is 26.1 Å². The van der Waals surface area contributed by atoms with Crippen LogP contribution in [0.15, 0.2) is 0 Å². The van der Waals surface area contributed by atoms with E-state index < -0.39 is 10.8 Å². The molecule has 0 aromatic carbocycles. The molecule has 1 rings (SSSR count). The molecule has 0 aliphatic carbocycles. The molecular formula is C15H32N2OS. The van der Waals surface area contributed by atoms with E-state index in [9.17, 15) is 4.21 Å². The van der Waals surface area contributed by atoms with E-state index >= 15 is 0 Å². The Morgan fingerprint density at radius 3 is 2.53 bits per heavy atom. The number of piperazine rings is 1. The van der Waals surface area contributed by atoms with Crippen LogP contribution in [-0.4, -0.2) is 52.3 Å². The Kier molecular flexibility index (Phi) is 6.48. The van der Waals surface area contributed by atoms with Gasteiger partial charge in [0.15, 0.2) is 0 Å². The van der Waals surface area contributed by atoms with Crippen LogP contribution in [0.3, 0.4) is 0 Å². The van der Waals surface area contributed by atoms with Crippen LogP contribution in [0.25, 0.3) is 0 Å². The molecule has 4 atom stereocenters. The van der Waals surface area contributed by atoms with Crippen molar-refractivity contribution < 1.29 is 4.21 Å². The Labute approximate surface area is 122 Å². The standard InChI is InChI=1S/C15H32N2OS/c1-7-13-10-16-14(15(3,4)5)11-17(13)9-8-12(2)19(6)18/h12-14,16H,7-11H2,1-6H3. The van der Waals surface area contributed by atoms with Gasteiger partial charge in [-0.25, -0.2) is 0 Å². The maximum Gasteiger partial charge on any atom is 0.0329 e. The molecule has 1 N–H and O–H groups in total. The van der Waals surface area contributed by atoms with Crippen molar-refractivity contribution >= 4 is 10.8 Å². The molecule has 0 amide bonds. The minimum atomic E-state index is -0.696. The average molecular weight is 289 g/mol. The van der Waals surface area contributed by atoms with Gasteiger partial charge in [-0.05, 0) is 24.8 Å². The second kappa shape index (κ2) is 7.19. The first-order valence-corrected chi connectivity index (χ1v) is 9.17. The van der Waals surface area contributed by atoms with E-state index in [0.29, 0.717) is 22.7 Å². The molecule has 4 unspecified atom stereocenters. The van der Waals surface area contributed by atoms with E-state index in [2.05, 4.69) is 44.8 Å². The van der Waals surface area contributed by atoms with Crippen LogP contribution < -0.4 is 5.32 Å². The zero-order valence-corrected chi connectivity index (χ0v) is 14.3. The van der Waals surface area contributed by atoms with E-state index in [1.165, 1.54) is 6.42 Å². The van der Waals surface area contributed by atoms with Crippen molar-refractivity contribution in [2.24, 2.45) is 5.41 Å². The van der Waals surface area contributed by atoms with Crippen molar-refractivity contribution in [1.82, 2.24) is 10.2 Å². The molecule has 0 saturated carbocycles. The highest BCUT2D eigenvalue weighted by Crippen LogP contribution is 2.24. The van der Waals surface area contributed by atoms with E-state index in [1.807, 2.05) is 6.26 Å². The van der Waals surface area contributed by atoms with Gasteiger partial charge in [0, 0.05) is 47.5 Å². The quantitative estimate of drug-likeness (QED) is 0.842. The number of rotatable bonds is 5. The highest BCUT2D eigenvalue weighted by Gasteiger charge is 2.33. The van der Waals surface area contributed by atoms with Gasteiger partial charge in [0.2, 0.25) is 0 Å². The van der Waals surface area contributed by atoms with Gasteiger partial charge in [-0.15, -0.1) is 0 Å². The van der Waals surface area contributed by atoms with Gasteiger partial charge in [0.25, 0.3) is 0 Å². The average Bonchev–Trinajstić information content (AvgIpc) is 2.34. The lowest BCUT2D eigenvalue weighted by Gasteiger charge is -2.45. The Morgan fingerprint density at radius 1 is 1.42 bits per heavy atom. The lowest BCUT2D eigenvalue weighted by atomic mass is 9.84. The summed E-state index contributed by atoms with van der Waals surface area (Å²) in [6.07, 6.45) is 4.04. The van der Waals surface area contributed by atoms with Crippen LogP contribution in [0.5, 0.6) is 0 Å². The Morgan fingerprint density at radius 2 is 2.05 bits per heavy atom. The second-order valence-electron chi connectivity index (χ2n) is 6.98.